The summed E-state index contributed by atoms with van der Waals surface area (Å²) in [5.41, 5.74) is 4.41. The number of carbonyl (C=O) groups excluding carboxylic acids is 1. The lowest BCUT2D eigenvalue weighted by Gasteiger charge is -2.35. The first-order valence-electron chi connectivity index (χ1n) is 10.1. The molecule has 1 saturated heterocycles. The molecule has 1 amide bonds. The largest absolute Gasteiger partial charge is 0.378 e. The van der Waals surface area contributed by atoms with Crippen molar-refractivity contribution >= 4 is 11.6 Å². The zero-order valence-corrected chi connectivity index (χ0v) is 17.9. The summed E-state index contributed by atoms with van der Waals surface area (Å²) in [6.07, 6.45) is 3.65. The summed E-state index contributed by atoms with van der Waals surface area (Å²) in [6, 6.07) is 10.5. The van der Waals surface area contributed by atoms with Gasteiger partial charge in [0.1, 0.15) is 0 Å². The highest BCUT2D eigenvalue weighted by atomic mass is 16.2. The second-order valence-electron chi connectivity index (χ2n) is 8.26. The third-order valence-electron chi connectivity index (χ3n) is 5.45. The van der Waals surface area contributed by atoms with E-state index in [1.165, 1.54) is 5.69 Å². The van der Waals surface area contributed by atoms with Gasteiger partial charge in [-0.05, 0) is 57.1 Å². The van der Waals surface area contributed by atoms with Crippen molar-refractivity contribution in [2.24, 2.45) is 7.05 Å². The predicted octanol–water partition coefficient (Wildman–Crippen LogP) is 2.84. The molecule has 1 aromatic heterocycles. The Morgan fingerprint density at radius 2 is 1.86 bits per heavy atom. The highest BCUT2D eigenvalue weighted by Crippen LogP contribution is 2.31. The van der Waals surface area contributed by atoms with E-state index in [2.05, 4.69) is 54.2 Å². The fraction of sp³-hybridized carbons (Fsp3) is 0.545. The number of benzene rings is 1. The number of piperidine rings is 1. The molecule has 1 fully saturated rings. The maximum Gasteiger partial charge on any atom is 0.227 e. The molecule has 0 saturated carbocycles. The van der Waals surface area contributed by atoms with E-state index in [1.54, 1.807) is 0 Å². The van der Waals surface area contributed by atoms with Crippen molar-refractivity contribution in [3.63, 3.8) is 0 Å². The van der Waals surface area contributed by atoms with Gasteiger partial charge in [-0.2, -0.15) is 5.10 Å². The fourth-order valence-corrected chi connectivity index (χ4v) is 3.89. The first kappa shape index (κ1) is 20.4. The van der Waals surface area contributed by atoms with Crippen molar-refractivity contribution in [3.8, 4) is 0 Å². The predicted molar refractivity (Wildman–Crippen MR) is 113 cm³/mol. The molecule has 28 heavy (non-hydrogen) atoms. The standard InChI is InChI=1S/C22H33N5O/c1-24(2)16-19-15-20(23-26(19)5)21-8-6-7-13-27(21)22(28)14-17-9-11-18(12-10-17)25(3)4/h9-12,15,21H,6-8,13-14,16H2,1-5H3. The Morgan fingerprint density at radius 1 is 1.14 bits per heavy atom. The van der Waals surface area contributed by atoms with Crippen molar-refractivity contribution in [1.29, 1.82) is 0 Å². The SMILES string of the molecule is CN(C)Cc1cc(C2CCCCN2C(=O)Cc2ccc(N(C)C)cc2)nn1C. The van der Waals surface area contributed by atoms with E-state index in [0.29, 0.717) is 6.42 Å². The number of amides is 1. The fourth-order valence-electron chi connectivity index (χ4n) is 3.89. The van der Waals surface area contributed by atoms with Gasteiger partial charge in [0.25, 0.3) is 0 Å². The molecule has 6 nitrogen and oxygen atoms in total. The minimum Gasteiger partial charge on any atom is -0.378 e. The molecule has 0 aliphatic carbocycles. The monoisotopic (exact) mass is 383 g/mol. The van der Waals surface area contributed by atoms with E-state index in [-0.39, 0.29) is 11.9 Å². The van der Waals surface area contributed by atoms with Crippen LogP contribution in [-0.2, 0) is 24.8 Å². The lowest BCUT2D eigenvalue weighted by molar-refractivity contribution is -0.134. The van der Waals surface area contributed by atoms with E-state index in [1.807, 2.05) is 30.7 Å². The van der Waals surface area contributed by atoms with E-state index in [9.17, 15) is 4.79 Å². The second-order valence-corrected chi connectivity index (χ2v) is 8.26. The molecule has 1 atom stereocenters. The van der Waals surface area contributed by atoms with Gasteiger partial charge in [-0.25, -0.2) is 0 Å². The molecule has 3 rings (SSSR count). The van der Waals surface area contributed by atoms with Gasteiger partial charge in [-0.3, -0.25) is 9.48 Å². The van der Waals surface area contributed by atoms with Crippen LogP contribution in [0.25, 0.3) is 0 Å². The van der Waals surface area contributed by atoms with Crippen molar-refractivity contribution in [3.05, 3.63) is 47.3 Å². The summed E-state index contributed by atoms with van der Waals surface area (Å²) in [5.74, 6) is 0.196. The van der Waals surface area contributed by atoms with Crippen LogP contribution in [0, 0.1) is 0 Å². The van der Waals surface area contributed by atoms with Crippen LogP contribution < -0.4 is 4.90 Å². The lowest BCUT2D eigenvalue weighted by Crippen LogP contribution is -2.39. The summed E-state index contributed by atoms with van der Waals surface area (Å²) in [4.78, 5) is 19.4. The minimum atomic E-state index is 0.0874. The highest BCUT2D eigenvalue weighted by Gasteiger charge is 2.30. The lowest BCUT2D eigenvalue weighted by atomic mass is 9.98. The normalized spacial score (nSPS) is 17.2. The molecular formula is C22H33N5O. The number of aromatic nitrogens is 2. The van der Waals surface area contributed by atoms with Crippen molar-refractivity contribution in [2.75, 3.05) is 39.6 Å². The molecule has 0 spiro atoms. The average molecular weight is 384 g/mol. The van der Waals surface area contributed by atoms with Crippen LogP contribution in [-0.4, -0.2) is 60.2 Å². The number of hydrogen-bond donors (Lipinski definition) is 0. The molecule has 0 radical (unpaired) electrons. The van der Waals surface area contributed by atoms with Gasteiger partial charge in [0.2, 0.25) is 5.91 Å². The number of likely N-dealkylation sites (tertiary alicyclic amines) is 1. The number of carbonyl (C=O) groups is 1. The zero-order chi connectivity index (χ0) is 20.3. The summed E-state index contributed by atoms with van der Waals surface area (Å²) < 4.78 is 1.95. The Labute approximate surface area is 168 Å². The maximum absolute atomic E-state index is 13.1. The van der Waals surface area contributed by atoms with Gasteiger partial charge in [0.15, 0.2) is 0 Å². The number of aryl methyl sites for hydroxylation is 1. The van der Waals surface area contributed by atoms with Crippen LogP contribution >= 0.6 is 0 Å². The average Bonchev–Trinajstić information content (AvgIpc) is 3.02. The first-order chi connectivity index (χ1) is 13.3. The van der Waals surface area contributed by atoms with Crippen LogP contribution in [0.15, 0.2) is 30.3 Å². The summed E-state index contributed by atoms with van der Waals surface area (Å²) in [5, 5.41) is 4.75. The Morgan fingerprint density at radius 3 is 2.50 bits per heavy atom. The van der Waals surface area contributed by atoms with Gasteiger partial charge in [0, 0.05) is 39.9 Å². The van der Waals surface area contributed by atoms with Crippen LogP contribution in [0.4, 0.5) is 5.69 Å². The van der Waals surface area contributed by atoms with Crippen molar-refractivity contribution < 1.29 is 4.79 Å². The number of rotatable bonds is 6. The highest BCUT2D eigenvalue weighted by molar-refractivity contribution is 5.79. The van der Waals surface area contributed by atoms with E-state index >= 15 is 0 Å². The van der Waals surface area contributed by atoms with Crippen LogP contribution in [0.2, 0.25) is 0 Å². The van der Waals surface area contributed by atoms with E-state index in [0.717, 1.165) is 49.3 Å². The molecule has 0 bridgehead atoms. The first-order valence-corrected chi connectivity index (χ1v) is 10.1. The van der Waals surface area contributed by atoms with E-state index in [4.69, 9.17) is 5.10 Å². The maximum atomic E-state index is 13.1. The molecule has 6 heteroatoms. The molecule has 2 heterocycles. The van der Waals surface area contributed by atoms with Crippen LogP contribution in [0.5, 0.6) is 0 Å². The van der Waals surface area contributed by atoms with Gasteiger partial charge in [-0.1, -0.05) is 12.1 Å². The number of nitrogens with zero attached hydrogens (tertiary/aromatic N) is 5. The zero-order valence-electron chi connectivity index (χ0n) is 17.9. The molecule has 1 aromatic carbocycles. The topological polar surface area (TPSA) is 44.6 Å². The Kier molecular flexibility index (Phi) is 6.39. The smallest absolute Gasteiger partial charge is 0.227 e. The minimum absolute atomic E-state index is 0.0874. The van der Waals surface area contributed by atoms with Crippen LogP contribution in [0.1, 0.15) is 42.3 Å². The van der Waals surface area contributed by atoms with Gasteiger partial charge >= 0.3 is 0 Å². The summed E-state index contributed by atoms with van der Waals surface area (Å²) in [6.45, 7) is 1.67. The quantitative estimate of drug-likeness (QED) is 0.769. The Balaban J connectivity index is 1.74. The molecule has 152 valence electrons. The van der Waals surface area contributed by atoms with Crippen LogP contribution in [0.3, 0.4) is 0 Å². The van der Waals surface area contributed by atoms with Gasteiger partial charge < -0.3 is 14.7 Å². The number of anilines is 1. The van der Waals surface area contributed by atoms with Gasteiger partial charge in [-0.15, -0.1) is 0 Å². The molecule has 1 aliphatic heterocycles. The van der Waals surface area contributed by atoms with Crippen molar-refractivity contribution in [1.82, 2.24) is 19.6 Å². The Hall–Kier alpha value is -2.34. The molecular weight excluding hydrogens is 350 g/mol. The number of hydrogen-bond acceptors (Lipinski definition) is 4. The van der Waals surface area contributed by atoms with Gasteiger partial charge in [0.05, 0.1) is 23.9 Å². The third-order valence-corrected chi connectivity index (χ3v) is 5.45. The van der Waals surface area contributed by atoms with E-state index < -0.39 is 0 Å². The Bertz CT molecular complexity index is 794. The summed E-state index contributed by atoms with van der Waals surface area (Å²) in [7, 11) is 10.2. The molecule has 2 aromatic rings. The molecule has 1 unspecified atom stereocenters. The van der Waals surface area contributed by atoms with Crippen molar-refractivity contribution in [2.45, 2.75) is 38.3 Å². The third kappa shape index (κ3) is 4.73. The molecule has 1 aliphatic rings. The second kappa shape index (κ2) is 8.78. The summed E-state index contributed by atoms with van der Waals surface area (Å²) >= 11 is 0. The molecule has 0 N–H and O–H groups in total.